The van der Waals surface area contributed by atoms with E-state index >= 15 is 0 Å². The van der Waals surface area contributed by atoms with Gasteiger partial charge in [-0.05, 0) is 78.6 Å². The van der Waals surface area contributed by atoms with Gasteiger partial charge < -0.3 is 10.1 Å². The molecule has 0 bridgehead atoms. The van der Waals surface area contributed by atoms with Crippen LogP contribution in [0.5, 0.6) is 5.75 Å². The summed E-state index contributed by atoms with van der Waals surface area (Å²) < 4.78 is 2.27. The van der Waals surface area contributed by atoms with Crippen LogP contribution in [0.15, 0.2) is 158 Å². The molecule has 0 unspecified atom stereocenters. The third-order valence-electron chi connectivity index (χ3n) is 10.3. The molecule has 0 saturated carbocycles. The first-order chi connectivity index (χ1) is 26.0. The lowest BCUT2D eigenvalue weighted by atomic mass is 9.95. The van der Waals surface area contributed by atoms with Gasteiger partial charge in [0.15, 0.2) is 0 Å². The van der Waals surface area contributed by atoms with Crippen LogP contribution in [-0.4, -0.2) is 24.6 Å². The highest BCUT2D eigenvalue weighted by Crippen LogP contribution is 2.41. The predicted molar refractivity (Wildman–Crippen MR) is 219 cm³/mol. The molecule has 53 heavy (non-hydrogen) atoms. The largest absolute Gasteiger partial charge is 0.506 e. The lowest BCUT2D eigenvalue weighted by Gasteiger charge is -2.14. The van der Waals surface area contributed by atoms with Gasteiger partial charge in [-0.1, -0.05) is 126 Å². The molecule has 0 amide bonds. The molecule has 0 spiro atoms. The van der Waals surface area contributed by atoms with E-state index in [1.165, 1.54) is 16.5 Å². The molecule has 3 aromatic heterocycles. The first-order valence-electron chi connectivity index (χ1n) is 17.9. The second-order valence-corrected chi connectivity index (χ2v) is 13.9. The van der Waals surface area contributed by atoms with Crippen LogP contribution in [0.25, 0.3) is 94.3 Å². The number of benzene rings is 7. The Morgan fingerprint density at radius 3 is 2.08 bits per heavy atom. The summed E-state index contributed by atoms with van der Waals surface area (Å²) in [5.74, 6) is 0.976. The van der Waals surface area contributed by atoms with Gasteiger partial charge >= 0.3 is 0 Å². The maximum absolute atomic E-state index is 11.2. The summed E-state index contributed by atoms with van der Waals surface area (Å²) in [6, 6.07) is 54.7. The number of para-hydroxylation sites is 4. The lowest BCUT2D eigenvalue weighted by Crippen LogP contribution is -1.98. The number of phenolic OH excluding ortho intramolecular Hbond substituents is 1. The molecule has 0 atom stereocenters. The average molecular weight is 683 g/mol. The number of aromatic amines is 1. The zero-order valence-electron chi connectivity index (χ0n) is 29.3. The van der Waals surface area contributed by atoms with Crippen molar-refractivity contribution >= 4 is 43.7 Å². The average Bonchev–Trinajstić information content (AvgIpc) is 3.77. The molecular weight excluding hydrogens is 649 g/mol. The van der Waals surface area contributed by atoms with Gasteiger partial charge in [-0.3, -0.25) is 4.57 Å². The first-order valence-corrected chi connectivity index (χ1v) is 17.9. The third-order valence-corrected chi connectivity index (χ3v) is 10.3. The smallest absolute Gasteiger partial charge is 0.147 e. The van der Waals surface area contributed by atoms with E-state index in [1.54, 1.807) is 6.07 Å². The number of aromatic nitrogens is 4. The number of rotatable bonds is 5. The Hall–Kier alpha value is -6.98. The van der Waals surface area contributed by atoms with Crippen molar-refractivity contribution in [2.75, 3.05) is 0 Å². The molecule has 10 rings (SSSR count). The zero-order chi connectivity index (χ0) is 35.6. The topological polar surface area (TPSA) is 66.7 Å². The van der Waals surface area contributed by atoms with Crippen molar-refractivity contribution in [1.29, 1.82) is 0 Å². The normalized spacial score (nSPS) is 11.7. The second-order valence-electron chi connectivity index (χ2n) is 13.9. The van der Waals surface area contributed by atoms with E-state index in [-0.39, 0.29) is 5.75 Å². The van der Waals surface area contributed by atoms with Crippen LogP contribution in [0.4, 0.5) is 0 Å². The molecule has 0 fully saturated rings. The fourth-order valence-corrected chi connectivity index (χ4v) is 8.00. The number of hydrogen-bond acceptors (Lipinski definition) is 3. The summed E-state index contributed by atoms with van der Waals surface area (Å²) >= 11 is 0. The van der Waals surface area contributed by atoms with Crippen molar-refractivity contribution < 1.29 is 5.11 Å². The van der Waals surface area contributed by atoms with E-state index in [1.807, 2.05) is 18.2 Å². The van der Waals surface area contributed by atoms with Gasteiger partial charge in [0.1, 0.15) is 17.1 Å². The van der Waals surface area contributed by atoms with E-state index < -0.39 is 0 Å². The minimum atomic E-state index is 0.150. The summed E-state index contributed by atoms with van der Waals surface area (Å²) in [7, 11) is 0. The number of imidazole rings is 1. The van der Waals surface area contributed by atoms with Crippen LogP contribution in [0.1, 0.15) is 11.1 Å². The van der Waals surface area contributed by atoms with Crippen LogP contribution < -0.4 is 0 Å². The minimum Gasteiger partial charge on any atom is -0.506 e. The van der Waals surface area contributed by atoms with E-state index in [0.29, 0.717) is 5.52 Å². The van der Waals surface area contributed by atoms with Crippen molar-refractivity contribution in [2.24, 2.45) is 0 Å². The first kappa shape index (κ1) is 30.8. The predicted octanol–water partition coefficient (Wildman–Crippen LogP) is 12.2. The fourth-order valence-electron chi connectivity index (χ4n) is 8.00. The SMILES string of the molecule is Cc1cc(C)cc(-c2cc(-c3cccc4c3nc(-c3cccc5c3[nH]c3ccccc35)n4-c3cccc(-c4ccccc4)c3)nc3c(O)cccc23)c1. The Kier molecular flexibility index (Phi) is 7.02. The molecule has 0 aliphatic heterocycles. The van der Waals surface area contributed by atoms with Gasteiger partial charge in [0, 0.05) is 38.5 Å². The maximum atomic E-state index is 11.2. The summed E-state index contributed by atoms with van der Waals surface area (Å²) in [5, 5.41) is 14.4. The van der Waals surface area contributed by atoms with E-state index in [2.05, 4.69) is 157 Å². The molecule has 0 radical (unpaired) electrons. The maximum Gasteiger partial charge on any atom is 0.147 e. The number of phenols is 1. The molecule has 252 valence electrons. The van der Waals surface area contributed by atoms with Crippen LogP contribution in [0.3, 0.4) is 0 Å². The van der Waals surface area contributed by atoms with Crippen molar-refractivity contribution in [1.82, 2.24) is 19.5 Å². The summed E-state index contributed by atoms with van der Waals surface area (Å²) in [4.78, 5) is 14.4. The van der Waals surface area contributed by atoms with E-state index in [9.17, 15) is 5.11 Å². The molecular formula is C48H34N4O. The number of aryl methyl sites for hydroxylation is 2. The van der Waals surface area contributed by atoms with Crippen LogP contribution >= 0.6 is 0 Å². The second kappa shape index (κ2) is 12.1. The Morgan fingerprint density at radius 2 is 1.21 bits per heavy atom. The van der Waals surface area contributed by atoms with E-state index in [0.717, 1.165) is 83.4 Å². The standard InChI is InChI=1S/C48H34N4O/c1-29-24-30(2)26-33(25-29)40-28-42(50-47-37(40)18-11-23-44(47)53)38-19-10-22-43-46(38)51-48(39-20-9-17-36-35-16-6-7-21-41(35)49-45(36)39)52(43)34-15-8-14-32(27-34)31-12-4-3-5-13-31/h3-28,49,53H,1-2H3. The lowest BCUT2D eigenvalue weighted by molar-refractivity contribution is 0.480. The highest BCUT2D eigenvalue weighted by molar-refractivity contribution is 6.12. The number of H-pyrrole nitrogens is 1. The number of fused-ring (bicyclic) bond motifs is 5. The number of pyridine rings is 1. The Balaban J connectivity index is 1.28. The van der Waals surface area contributed by atoms with Crippen LogP contribution in [0, 0.1) is 13.8 Å². The van der Waals surface area contributed by atoms with Gasteiger partial charge in [0.25, 0.3) is 0 Å². The summed E-state index contributed by atoms with van der Waals surface area (Å²) in [6.45, 7) is 4.24. The number of nitrogens with zero attached hydrogens (tertiary/aromatic N) is 3. The monoisotopic (exact) mass is 682 g/mol. The highest BCUT2D eigenvalue weighted by Gasteiger charge is 2.22. The van der Waals surface area contributed by atoms with Crippen LogP contribution in [0.2, 0.25) is 0 Å². The Bertz CT molecular complexity index is 3020. The molecule has 7 aromatic carbocycles. The molecule has 0 aliphatic carbocycles. The molecule has 2 N–H and O–H groups in total. The Labute approximate surface area is 306 Å². The Morgan fingerprint density at radius 1 is 0.509 bits per heavy atom. The van der Waals surface area contributed by atoms with Gasteiger partial charge in [-0.25, -0.2) is 9.97 Å². The molecule has 10 aromatic rings. The van der Waals surface area contributed by atoms with Gasteiger partial charge in [0.05, 0.1) is 22.2 Å². The zero-order valence-corrected chi connectivity index (χ0v) is 29.3. The van der Waals surface area contributed by atoms with E-state index in [4.69, 9.17) is 9.97 Å². The van der Waals surface area contributed by atoms with Crippen molar-refractivity contribution in [3.05, 3.63) is 169 Å². The van der Waals surface area contributed by atoms with Crippen molar-refractivity contribution in [3.8, 4) is 56.3 Å². The van der Waals surface area contributed by atoms with Gasteiger partial charge in [0.2, 0.25) is 0 Å². The molecule has 0 saturated heterocycles. The fraction of sp³-hybridized carbons (Fsp3) is 0.0417. The van der Waals surface area contributed by atoms with Crippen molar-refractivity contribution in [2.45, 2.75) is 13.8 Å². The number of aromatic hydroxyl groups is 1. The molecule has 0 aliphatic rings. The number of nitrogens with one attached hydrogen (secondary N) is 1. The van der Waals surface area contributed by atoms with Gasteiger partial charge in [-0.2, -0.15) is 0 Å². The quantitative estimate of drug-likeness (QED) is 0.190. The summed E-state index contributed by atoms with van der Waals surface area (Å²) in [5.41, 5.74) is 14.9. The molecule has 5 nitrogen and oxygen atoms in total. The van der Waals surface area contributed by atoms with Gasteiger partial charge in [-0.15, -0.1) is 0 Å². The third kappa shape index (κ3) is 5.08. The van der Waals surface area contributed by atoms with Crippen molar-refractivity contribution in [3.63, 3.8) is 0 Å². The number of hydrogen-bond donors (Lipinski definition) is 2. The van der Waals surface area contributed by atoms with Crippen LogP contribution in [-0.2, 0) is 0 Å². The summed E-state index contributed by atoms with van der Waals surface area (Å²) in [6.07, 6.45) is 0. The minimum absolute atomic E-state index is 0.150. The highest BCUT2D eigenvalue weighted by atomic mass is 16.3. The molecule has 5 heteroatoms. The molecule has 3 heterocycles.